The molecule has 0 radical (unpaired) electrons. The van der Waals surface area contributed by atoms with Crippen molar-refractivity contribution in [2.24, 2.45) is 0 Å². The molecule has 1 fully saturated rings. The highest BCUT2D eigenvalue weighted by Gasteiger charge is 2.17. The first kappa shape index (κ1) is 12.8. The van der Waals surface area contributed by atoms with Crippen LogP contribution in [0, 0.1) is 4.77 Å². The highest BCUT2D eigenvalue weighted by molar-refractivity contribution is 7.71. The van der Waals surface area contributed by atoms with Crippen LogP contribution in [0.5, 0.6) is 0 Å². The van der Waals surface area contributed by atoms with Crippen molar-refractivity contribution >= 4 is 23.8 Å². The van der Waals surface area contributed by atoms with Gasteiger partial charge in [0.25, 0.3) is 0 Å². The Kier molecular flexibility index (Phi) is 3.63. The Bertz CT molecular complexity index is 629. The van der Waals surface area contributed by atoms with E-state index in [1.165, 1.54) is 30.8 Å². The number of hydrogen-bond acceptors (Lipinski definition) is 3. The first-order valence-electron chi connectivity index (χ1n) is 6.36. The van der Waals surface area contributed by atoms with Gasteiger partial charge < -0.3 is 4.90 Å². The summed E-state index contributed by atoms with van der Waals surface area (Å²) < 4.78 is 4.05. The van der Waals surface area contributed by atoms with Crippen molar-refractivity contribution in [2.75, 3.05) is 13.1 Å². The summed E-state index contributed by atoms with van der Waals surface area (Å²) in [5.74, 6) is 0. The number of rotatable bonds is 3. The van der Waals surface area contributed by atoms with Crippen LogP contribution in [0.2, 0.25) is 5.02 Å². The summed E-state index contributed by atoms with van der Waals surface area (Å²) in [7, 11) is 0. The van der Waals surface area contributed by atoms with Gasteiger partial charge in [-0.2, -0.15) is 9.36 Å². The third-order valence-electron chi connectivity index (χ3n) is 3.38. The van der Waals surface area contributed by atoms with Crippen molar-refractivity contribution in [3.8, 4) is 5.69 Å². The molecular weight excluding hydrogens is 282 g/mol. The summed E-state index contributed by atoms with van der Waals surface area (Å²) in [6.07, 6.45) is 2.57. The fourth-order valence-electron chi connectivity index (χ4n) is 2.39. The fraction of sp³-hybridized carbons (Fsp3) is 0.417. The number of quaternary nitrogens is 1. The van der Waals surface area contributed by atoms with E-state index in [0.29, 0.717) is 9.79 Å². The summed E-state index contributed by atoms with van der Waals surface area (Å²) in [6, 6.07) is 7.46. The van der Waals surface area contributed by atoms with E-state index in [2.05, 4.69) is 10.4 Å². The van der Waals surface area contributed by atoms with Crippen molar-refractivity contribution in [1.29, 1.82) is 0 Å². The van der Waals surface area contributed by atoms with Gasteiger partial charge in [0.1, 0.15) is 0 Å². The maximum atomic E-state index is 5.98. The number of hydrogen-bond donors (Lipinski definition) is 1. The zero-order chi connectivity index (χ0) is 13.2. The molecule has 2 aromatic rings. The monoisotopic (exact) mass is 296 g/mol. The van der Waals surface area contributed by atoms with Crippen LogP contribution in [0.25, 0.3) is 5.69 Å². The summed E-state index contributed by atoms with van der Waals surface area (Å²) in [5.41, 5.74) is 0.847. The molecule has 1 aliphatic heterocycles. The quantitative estimate of drug-likeness (QED) is 0.862. The lowest BCUT2D eigenvalue weighted by molar-refractivity contribution is -0.911. The Balaban J connectivity index is 1.88. The van der Waals surface area contributed by atoms with Gasteiger partial charge >= 0.3 is 0 Å². The van der Waals surface area contributed by atoms with Gasteiger partial charge in [-0.05, 0) is 40.8 Å². The smallest absolute Gasteiger partial charge is 0.225 e. The second kappa shape index (κ2) is 5.40. The number of nitrogens with zero attached hydrogens (tertiary/aromatic N) is 4. The fourth-order valence-corrected chi connectivity index (χ4v) is 2.82. The van der Waals surface area contributed by atoms with Crippen LogP contribution in [0.1, 0.15) is 12.8 Å². The standard InChI is InChI=1S/C12H14ClN5S/c13-10-4-3-5-11(8-10)18-12(19)17(14-15-18)9-16-6-1-2-7-16/h3-5,8H,1-2,6-7,9H2/p+1. The summed E-state index contributed by atoms with van der Waals surface area (Å²) in [4.78, 5) is 1.51. The topological polar surface area (TPSA) is 40.1 Å². The molecule has 1 aromatic heterocycles. The second-order valence-corrected chi connectivity index (χ2v) is 5.57. The predicted octanol–water partition coefficient (Wildman–Crippen LogP) is 1.09. The van der Waals surface area contributed by atoms with Crippen molar-refractivity contribution in [3.05, 3.63) is 34.1 Å². The molecular formula is C12H15ClN5S+. The zero-order valence-corrected chi connectivity index (χ0v) is 12.0. The predicted molar refractivity (Wildman–Crippen MR) is 75.1 cm³/mol. The van der Waals surface area contributed by atoms with Gasteiger partial charge in [0.15, 0.2) is 6.67 Å². The van der Waals surface area contributed by atoms with Crippen LogP contribution in [0.4, 0.5) is 0 Å². The SMILES string of the molecule is S=c1n(C[NH+]2CCCC2)nnn1-c1cccc(Cl)c1. The first-order valence-corrected chi connectivity index (χ1v) is 7.15. The van der Waals surface area contributed by atoms with E-state index in [4.69, 9.17) is 23.8 Å². The Hall–Kier alpha value is -1.24. The average Bonchev–Trinajstić information content (AvgIpc) is 3.01. The molecule has 0 unspecified atom stereocenters. The van der Waals surface area contributed by atoms with Crippen molar-refractivity contribution in [1.82, 2.24) is 19.8 Å². The second-order valence-electron chi connectivity index (χ2n) is 4.77. The summed E-state index contributed by atoms with van der Waals surface area (Å²) in [5, 5.41) is 8.94. The molecule has 100 valence electrons. The van der Waals surface area contributed by atoms with Gasteiger partial charge in [-0.25, -0.2) is 0 Å². The maximum Gasteiger partial charge on any atom is 0.225 e. The molecule has 1 saturated heterocycles. The molecule has 7 heteroatoms. The minimum Gasteiger partial charge on any atom is -0.316 e. The molecule has 0 saturated carbocycles. The van der Waals surface area contributed by atoms with Crippen LogP contribution in [-0.4, -0.2) is 32.9 Å². The summed E-state index contributed by atoms with van der Waals surface area (Å²) >= 11 is 11.4. The minimum atomic E-state index is 0.613. The van der Waals surface area contributed by atoms with E-state index in [1.54, 1.807) is 9.36 Å². The molecule has 2 heterocycles. The molecule has 1 aromatic carbocycles. The molecule has 0 atom stereocenters. The number of aromatic nitrogens is 4. The van der Waals surface area contributed by atoms with Crippen molar-refractivity contribution in [3.63, 3.8) is 0 Å². The molecule has 0 amide bonds. The van der Waals surface area contributed by atoms with E-state index >= 15 is 0 Å². The largest absolute Gasteiger partial charge is 0.316 e. The highest BCUT2D eigenvalue weighted by Crippen LogP contribution is 2.13. The Morgan fingerprint density at radius 1 is 1.26 bits per heavy atom. The number of benzene rings is 1. The van der Waals surface area contributed by atoms with E-state index < -0.39 is 0 Å². The van der Waals surface area contributed by atoms with Crippen LogP contribution >= 0.6 is 23.8 Å². The lowest BCUT2D eigenvalue weighted by atomic mass is 10.3. The number of tetrazole rings is 1. The lowest BCUT2D eigenvalue weighted by Gasteiger charge is -2.10. The van der Waals surface area contributed by atoms with E-state index in [0.717, 1.165) is 12.4 Å². The third kappa shape index (κ3) is 2.70. The van der Waals surface area contributed by atoms with Crippen molar-refractivity contribution < 1.29 is 4.90 Å². The first-order chi connectivity index (χ1) is 9.24. The van der Waals surface area contributed by atoms with Gasteiger partial charge in [-0.3, -0.25) is 0 Å². The molecule has 3 rings (SSSR count). The van der Waals surface area contributed by atoms with Gasteiger partial charge in [-0.15, -0.1) is 0 Å². The van der Waals surface area contributed by atoms with Crippen LogP contribution in [0.3, 0.4) is 0 Å². The lowest BCUT2D eigenvalue weighted by Crippen LogP contribution is -3.09. The normalized spacial score (nSPS) is 16.1. The van der Waals surface area contributed by atoms with Gasteiger partial charge in [0.05, 0.1) is 18.8 Å². The Morgan fingerprint density at radius 2 is 2.05 bits per heavy atom. The number of halogens is 1. The Labute approximate surface area is 121 Å². The van der Waals surface area contributed by atoms with Gasteiger partial charge in [0.2, 0.25) is 4.77 Å². The van der Waals surface area contributed by atoms with Crippen LogP contribution < -0.4 is 4.90 Å². The molecule has 0 spiro atoms. The average molecular weight is 297 g/mol. The maximum absolute atomic E-state index is 5.98. The Morgan fingerprint density at radius 3 is 2.79 bits per heavy atom. The minimum absolute atomic E-state index is 0.613. The molecule has 1 aliphatic rings. The molecule has 0 aliphatic carbocycles. The van der Waals surface area contributed by atoms with E-state index in [9.17, 15) is 0 Å². The molecule has 19 heavy (non-hydrogen) atoms. The van der Waals surface area contributed by atoms with Gasteiger partial charge in [0, 0.05) is 17.9 Å². The number of likely N-dealkylation sites (tertiary alicyclic amines) is 1. The van der Waals surface area contributed by atoms with E-state index in [-0.39, 0.29) is 0 Å². The van der Waals surface area contributed by atoms with Crippen LogP contribution in [0.15, 0.2) is 24.3 Å². The van der Waals surface area contributed by atoms with Gasteiger partial charge in [-0.1, -0.05) is 17.7 Å². The molecule has 1 N–H and O–H groups in total. The van der Waals surface area contributed by atoms with Crippen molar-refractivity contribution in [2.45, 2.75) is 19.5 Å². The number of nitrogens with one attached hydrogen (secondary N) is 1. The third-order valence-corrected chi connectivity index (χ3v) is 3.99. The molecule has 0 bridgehead atoms. The highest BCUT2D eigenvalue weighted by atomic mass is 35.5. The van der Waals surface area contributed by atoms with Crippen LogP contribution in [-0.2, 0) is 6.67 Å². The molecule has 5 nitrogen and oxygen atoms in total. The van der Waals surface area contributed by atoms with E-state index in [1.807, 2.05) is 24.3 Å². The zero-order valence-electron chi connectivity index (χ0n) is 10.4. The summed E-state index contributed by atoms with van der Waals surface area (Å²) in [6.45, 7) is 3.16.